The van der Waals surface area contributed by atoms with Gasteiger partial charge in [-0.25, -0.2) is 0 Å². The highest BCUT2D eigenvalue weighted by Gasteiger charge is 2.81. The molecule has 2 atom stereocenters. The molecule has 0 aromatic rings. The van der Waals surface area contributed by atoms with E-state index >= 15 is 0 Å². The van der Waals surface area contributed by atoms with E-state index in [1.807, 2.05) is 0 Å². The van der Waals surface area contributed by atoms with Gasteiger partial charge in [0, 0.05) is 0 Å². The van der Waals surface area contributed by atoms with Gasteiger partial charge in [0.1, 0.15) is 0 Å². The van der Waals surface area contributed by atoms with Gasteiger partial charge in [0.05, 0.1) is 30.3 Å². The summed E-state index contributed by atoms with van der Waals surface area (Å²) in [6, 6.07) is 0. The van der Waals surface area contributed by atoms with E-state index in [1.165, 1.54) is 0 Å². The summed E-state index contributed by atoms with van der Waals surface area (Å²) >= 11 is 0. The molecule has 6 nitrogen and oxygen atoms in total. The summed E-state index contributed by atoms with van der Waals surface area (Å²) in [6.45, 7) is 1.39. The Labute approximate surface area is 169 Å². The van der Waals surface area contributed by atoms with Crippen LogP contribution in [0.25, 0.3) is 0 Å². The summed E-state index contributed by atoms with van der Waals surface area (Å²) in [6.07, 6.45) is -10.1. The highest BCUT2D eigenvalue weighted by molar-refractivity contribution is 5.82. The van der Waals surface area contributed by atoms with Gasteiger partial charge in [0.15, 0.2) is 0 Å². The largest absolute Gasteiger partial charge is 0.481 e. The van der Waals surface area contributed by atoms with Crippen molar-refractivity contribution in [3.05, 3.63) is 0 Å². The number of alkyl halides is 9. The topological polar surface area (TPSA) is 101 Å². The van der Waals surface area contributed by atoms with Gasteiger partial charge in [0.2, 0.25) is 0 Å². The van der Waals surface area contributed by atoms with Crippen LogP contribution in [0, 0.1) is 17.3 Å². The maximum atomic E-state index is 13.4. The van der Waals surface area contributed by atoms with Crippen LogP contribution < -0.4 is 0 Å². The first kappa shape index (κ1) is 28.8. The molecule has 0 bridgehead atoms. The average molecular weight is 478 g/mol. The van der Waals surface area contributed by atoms with Crippen LogP contribution in [0.2, 0.25) is 0 Å². The lowest BCUT2D eigenvalue weighted by Gasteiger charge is -2.33. The zero-order valence-electron chi connectivity index (χ0n) is 16.2. The van der Waals surface area contributed by atoms with E-state index in [0.717, 1.165) is 20.8 Å². The predicted molar refractivity (Wildman–Crippen MR) is 82.8 cm³/mol. The Bertz CT molecular complexity index is 688. The van der Waals surface area contributed by atoms with Gasteiger partial charge in [-0.15, -0.1) is 0 Å². The maximum Gasteiger partial charge on any atom is 0.460 e. The molecule has 0 amide bonds. The zero-order chi connectivity index (χ0) is 25.2. The molecule has 15 heteroatoms. The fourth-order valence-corrected chi connectivity index (χ4v) is 2.26. The molecule has 0 spiro atoms. The number of carboxylic acid groups (broad SMARTS) is 2. The lowest BCUT2D eigenvalue weighted by atomic mass is 9.78. The number of aliphatic carboxylic acids is 2. The lowest BCUT2D eigenvalue weighted by Crippen LogP contribution is -2.61. The van der Waals surface area contributed by atoms with E-state index in [9.17, 15) is 53.9 Å². The Morgan fingerprint density at radius 2 is 1.32 bits per heavy atom. The van der Waals surface area contributed by atoms with Crippen molar-refractivity contribution in [3.63, 3.8) is 0 Å². The van der Waals surface area contributed by atoms with Crippen LogP contribution in [0.3, 0.4) is 0 Å². The van der Waals surface area contributed by atoms with E-state index in [2.05, 4.69) is 4.74 Å². The number of ether oxygens (including phenoxy) is 1. The monoisotopic (exact) mass is 478 g/mol. The summed E-state index contributed by atoms with van der Waals surface area (Å²) in [4.78, 5) is 34.2. The summed E-state index contributed by atoms with van der Waals surface area (Å²) < 4.78 is 119. The van der Waals surface area contributed by atoms with Crippen molar-refractivity contribution in [2.75, 3.05) is 6.61 Å². The number of carbonyl (C=O) groups excluding carboxylic acids is 1. The number of halogens is 9. The third-order valence-corrected chi connectivity index (χ3v) is 4.47. The first-order valence-electron chi connectivity index (χ1n) is 8.36. The Kier molecular flexibility index (Phi) is 8.45. The molecule has 0 aliphatic carbocycles. The van der Waals surface area contributed by atoms with Gasteiger partial charge in [-0.05, 0) is 20.3 Å². The molecule has 31 heavy (non-hydrogen) atoms. The number of carbonyl (C=O) groups is 3. The van der Waals surface area contributed by atoms with Crippen LogP contribution >= 0.6 is 0 Å². The normalized spacial score (nSPS) is 15.9. The van der Waals surface area contributed by atoms with Crippen molar-refractivity contribution in [2.24, 2.45) is 17.3 Å². The summed E-state index contributed by atoms with van der Waals surface area (Å²) in [5.74, 6) is -28.0. The highest BCUT2D eigenvalue weighted by Crippen LogP contribution is 2.54. The Hall–Kier alpha value is -2.22. The second-order valence-electron chi connectivity index (χ2n) is 7.40. The molecule has 0 saturated heterocycles. The average Bonchev–Trinajstić information content (AvgIpc) is 2.57. The molecule has 0 rings (SSSR count). The smallest absolute Gasteiger partial charge is 0.460 e. The van der Waals surface area contributed by atoms with Gasteiger partial charge in [-0.1, -0.05) is 6.92 Å². The lowest BCUT2D eigenvalue weighted by molar-refractivity contribution is -0.397. The van der Waals surface area contributed by atoms with Crippen molar-refractivity contribution in [3.8, 4) is 0 Å². The highest BCUT2D eigenvalue weighted by atomic mass is 19.4. The Morgan fingerprint density at radius 1 is 0.871 bits per heavy atom. The molecule has 0 radical (unpaired) electrons. The zero-order valence-corrected chi connectivity index (χ0v) is 16.2. The number of hydrogen-bond acceptors (Lipinski definition) is 4. The van der Waals surface area contributed by atoms with Crippen LogP contribution in [-0.2, 0) is 19.1 Å². The van der Waals surface area contributed by atoms with Crippen molar-refractivity contribution >= 4 is 17.9 Å². The minimum Gasteiger partial charge on any atom is -0.481 e. The van der Waals surface area contributed by atoms with Crippen molar-refractivity contribution in [2.45, 2.75) is 57.6 Å². The second-order valence-corrected chi connectivity index (χ2v) is 7.40. The molecule has 0 aliphatic rings. The minimum atomic E-state index is -7.09. The van der Waals surface area contributed by atoms with Crippen LogP contribution in [0.5, 0.6) is 0 Å². The van der Waals surface area contributed by atoms with Gasteiger partial charge in [0.25, 0.3) is 0 Å². The van der Waals surface area contributed by atoms with E-state index in [0.29, 0.717) is 0 Å². The second kappa shape index (κ2) is 9.10. The third-order valence-electron chi connectivity index (χ3n) is 4.47. The predicted octanol–water partition coefficient (Wildman–Crippen LogP) is 4.23. The summed E-state index contributed by atoms with van der Waals surface area (Å²) in [5, 5.41) is 18.2. The third kappa shape index (κ3) is 6.15. The van der Waals surface area contributed by atoms with Crippen LogP contribution in [-0.4, -0.2) is 58.7 Å². The Morgan fingerprint density at radius 3 is 1.68 bits per heavy atom. The molecule has 182 valence electrons. The van der Waals surface area contributed by atoms with Crippen molar-refractivity contribution in [1.82, 2.24) is 0 Å². The van der Waals surface area contributed by atoms with Gasteiger partial charge < -0.3 is 14.9 Å². The van der Waals surface area contributed by atoms with E-state index in [1.54, 1.807) is 0 Å². The molecule has 0 aromatic heterocycles. The van der Waals surface area contributed by atoms with E-state index < -0.39 is 78.6 Å². The molecule has 0 heterocycles. The van der Waals surface area contributed by atoms with Crippen LogP contribution in [0.4, 0.5) is 39.5 Å². The Balaban J connectivity index is 5.28. The fraction of sp³-hybridized carbons (Fsp3) is 0.812. The van der Waals surface area contributed by atoms with E-state index in [4.69, 9.17) is 10.2 Å². The van der Waals surface area contributed by atoms with Crippen molar-refractivity contribution < 1.29 is 68.8 Å². The summed E-state index contributed by atoms with van der Waals surface area (Å²) in [7, 11) is 0. The maximum absolute atomic E-state index is 13.4. The molecule has 0 aliphatic heterocycles. The quantitative estimate of drug-likeness (QED) is 0.341. The first-order valence-corrected chi connectivity index (χ1v) is 8.36. The van der Waals surface area contributed by atoms with Crippen LogP contribution in [0.1, 0.15) is 33.6 Å². The van der Waals surface area contributed by atoms with Crippen LogP contribution in [0.15, 0.2) is 0 Å². The minimum absolute atomic E-state index is 0.639. The van der Waals surface area contributed by atoms with Gasteiger partial charge in [-0.2, -0.15) is 39.5 Å². The van der Waals surface area contributed by atoms with E-state index in [-0.39, 0.29) is 0 Å². The SMILES string of the molecule is CC(C(=O)OCCC(F)(F)C(F)(F)C(F)(F)C(F)(F)F)C(CC(C)(C)C(=O)O)C(=O)O. The number of hydrogen-bond donors (Lipinski definition) is 2. The molecular formula is C16H19F9O6. The molecule has 0 aromatic carbocycles. The number of rotatable bonds is 11. The molecule has 0 fully saturated rings. The first-order chi connectivity index (χ1) is 13.5. The fourth-order valence-electron chi connectivity index (χ4n) is 2.26. The molecule has 2 unspecified atom stereocenters. The molecule has 2 N–H and O–H groups in total. The number of carboxylic acids is 2. The van der Waals surface area contributed by atoms with Gasteiger partial charge in [-0.3, -0.25) is 14.4 Å². The standard InChI is InChI=1S/C16H19F9O6/c1-7(8(9(26)27)6-12(2,3)11(29)30)10(28)31-5-4-13(17,18)14(19,20)15(21,22)16(23,24)25/h7-8H,4-6H2,1-3H3,(H,26,27)(H,29,30). The van der Waals surface area contributed by atoms with Gasteiger partial charge >= 0.3 is 41.9 Å². The summed E-state index contributed by atoms with van der Waals surface area (Å²) in [5.41, 5.74) is -1.66. The number of esters is 1. The van der Waals surface area contributed by atoms with Crippen molar-refractivity contribution in [1.29, 1.82) is 0 Å². The molecular weight excluding hydrogens is 459 g/mol. The molecule has 0 saturated carbocycles.